The van der Waals surface area contributed by atoms with Gasteiger partial charge in [0.05, 0.1) is 25.4 Å². The van der Waals surface area contributed by atoms with Gasteiger partial charge in [-0.15, -0.1) is 0 Å². The maximum absolute atomic E-state index is 12.3. The standard InChI is InChI=1S/C15H30N2O3/c1-5-13-15(18)17(14(16-13)11-12(2)3)7-6-8-20-10-9-19-4/h12-14,16H,5-11H2,1-4H3. The molecule has 1 N–H and O–H groups in total. The minimum absolute atomic E-state index is 0.00633. The predicted molar refractivity (Wildman–Crippen MR) is 79.5 cm³/mol. The highest BCUT2D eigenvalue weighted by Gasteiger charge is 2.37. The van der Waals surface area contributed by atoms with Crippen LogP contribution in [-0.2, 0) is 14.3 Å². The molecule has 5 nitrogen and oxygen atoms in total. The van der Waals surface area contributed by atoms with Gasteiger partial charge in [0.1, 0.15) is 0 Å². The molecular weight excluding hydrogens is 256 g/mol. The van der Waals surface area contributed by atoms with Crippen LogP contribution in [0.3, 0.4) is 0 Å². The molecule has 0 radical (unpaired) electrons. The van der Waals surface area contributed by atoms with Crippen LogP contribution in [0.2, 0.25) is 0 Å². The minimum Gasteiger partial charge on any atom is -0.382 e. The SMILES string of the molecule is CCC1NC(CC(C)C)N(CCCOCCOC)C1=O. The molecular formula is C15H30N2O3. The molecule has 0 spiro atoms. The van der Waals surface area contributed by atoms with Gasteiger partial charge in [-0.05, 0) is 25.2 Å². The summed E-state index contributed by atoms with van der Waals surface area (Å²) in [5, 5.41) is 3.45. The average Bonchev–Trinajstić information content (AvgIpc) is 2.69. The van der Waals surface area contributed by atoms with Gasteiger partial charge in [-0.3, -0.25) is 10.1 Å². The number of amides is 1. The van der Waals surface area contributed by atoms with Crippen molar-refractivity contribution >= 4 is 5.91 Å². The Hall–Kier alpha value is -0.650. The first-order valence-electron chi connectivity index (χ1n) is 7.73. The van der Waals surface area contributed by atoms with Crippen molar-refractivity contribution in [2.24, 2.45) is 5.92 Å². The molecule has 1 aliphatic heterocycles. The van der Waals surface area contributed by atoms with Gasteiger partial charge in [-0.2, -0.15) is 0 Å². The van der Waals surface area contributed by atoms with Gasteiger partial charge in [-0.1, -0.05) is 20.8 Å². The summed E-state index contributed by atoms with van der Waals surface area (Å²) in [7, 11) is 1.67. The van der Waals surface area contributed by atoms with Gasteiger partial charge >= 0.3 is 0 Å². The van der Waals surface area contributed by atoms with E-state index >= 15 is 0 Å². The van der Waals surface area contributed by atoms with Crippen molar-refractivity contribution in [2.75, 3.05) is 33.5 Å². The maximum atomic E-state index is 12.3. The number of ether oxygens (including phenoxy) is 2. The van der Waals surface area contributed by atoms with Crippen LogP contribution in [0.15, 0.2) is 0 Å². The van der Waals surface area contributed by atoms with Crippen molar-refractivity contribution in [3.05, 3.63) is 0 Å². The maximum Gasteiger partial charge on any atom is 0.241 e. The van der Waals surface area contributed by atoms with Crippen LogP contribution in [0, 0.1) is 5.92 Å². The lowest BCUT2D eigenvalue weighted by Crippen LogP contribution is -2.39. The molecule has 5 heteroatoms. The molecule has 1 fully saturated rings. The van der Waals surface area contributed by atoms with Crippen molar-refractivity contribution in [3.8, 4) is 0 Å². The molecule has 2 unspecified atom stereocenters. The number of nitrogens with zero attached hydrogens (tertiary/aromatic N) is 1. The topological polar surface area (TPSA) is 50.8 Å². The number of rotatable bonds is 10. The minimum atomic E-state index is -0.00633. The number of hydrogen-bond acceptors (Lipinski definition) is 4. The van der Waals surface area contributed by atoms with Crippen LogP contribution in [0.1, 0.15) is 40.0 Å². The third-order valence-corrected chi connectivity index (χ3v) is 3.57. The van der Waals surface area contributed by atoms with E-state index in [1.807, 2.05) is 4.90 Å². The normalized spacial score (nSPS) is 23.1. The lowest BCUT2D eigenvalue weighted by atomic mass is 10.1. The number of hydrogen-bond donors (Lipinski definition) is 1. The molecule has 0 aliphatic carbocycles. The Kier molecular flexibility index (Phi) is 8.11. The second kappa shape index (κ2) is 9.32. The second-order valence-electron chi connectivity index (χ2n) is 5.76. The molecule has 0 bridgehead atoms. The van der Waals surface area contributed by atoms with E-state index < -0.39 is 0 Å². The van der Waals surface area contributed by atoms with Crippen LogP contribution in [0.5, 0.6) is 0 Å². The summed E-state index contributed by atoms with van der Waals surface area (Å²) in [6.45, 7) is 9.13. The number of nitrogens with one attached hydrogen (secondary N) is 1. The van der Waals surface area contributed by atoms with Gasteiger partial charge in [0.25, 0.3) is 0 Å². The van der Waals surface area contributed by atoms with Gasteiger partial charge in [-0.25, -0.2) is 0 Å². The summed E-state index contributed by atoms with van der Waals surface area (Å²) in [6, 6.07) is -0.00633. The molecule has 2 atom stereocenters. The largest absolute Gasteiger partial charge is 0.382 e. The van der Waals surface area contributed by atoms with E-state index in [9.17, 15) is 4.79 Å². The predicted octanol–water partition coefficient (Wildman–Crippen LogP) is 1.62. The summed E-state index contributed by atoms with van der Waals surface area (Å²) >= 11 is 0. The fraction of sp³-hybridized carbons (Fsp3) is 0.933. The Labute approximate surface area is 123 Å². The van der Waals surface area contributed by atoms with E-state index in [2.05, 4.69) is 26.1 Å². The molecule has 118 valence electrons. The number of methoxy groups -OCH3 is 1. The Bertz CT molecular complexity index is 284. The van der Waals surface area contributed by atoms with Gasteiger partial charge in [0.15, 0.2) is 0 Å². The summed E-state index contributed by atoms with van der Waals surface area (Å²) in [5.74, 6) is 0.825. The van der Waals surface area contributed by atoms with Crippen LogP contribution in [-0.4, -0.2) is 56.5 Å². The molecule has 1 saturated heterocycles. The van der Waals surface area contributed by atoms with E-state index in [-0.39, 0.29) is 18.1 Å². The van der Waals surface area contributed by atoms with Crippen molar-refractivity contribution < 1.29 is 14.3 Å². The van der Waals surface area contributed by atoms with E-state index in [0.717, 1.165) is 25.8 Å². The number of carbonyl (C=O) groups is 1. The summed E-state index contributed by atoms with van der Waals surface area (Å²) in [5.41, 5.74) is 0. The lowest BCUT2D eigenvalue weighted by Gasteiger charge is -2.25. The smallest absolute Gasteiger partial charge is 0.241 e. The first-order chi connectivity index (χ1) is 9.60. The summed E-state index contributed by atoms with van der Waals surface area (Å²) in [6.07, 6.45) is 2.93. The Morgan fingerprint density at radius 2 is 2.05 bits per heavy atom. The van der Waals surface area contributed by atoms with Crippen molar-refractivity contribution in [1.82, 2.24) is 10.2 Å². The Morgan fingerprint density at radius 1 is 1.30 bits per heavy atom. The third kappa shape index (κ3) is 5.38. The highest BCUT2D eigenvalue weighted by molar-refractivity contribution is 5.84. The molecule has 1 heterocycles. The average molecular weight is 286 g/mol. The van der Waals surface area contributed by atoms with Gasteiger partial charge < -0.3 is 14.4 Å². The quantitative estimate of drug-likeness (QED) is 0.620. The fourth-order valence-electron chi connectivity index (χ4n) is 2.53. The molecule has 0 saturated carbocycles. The first kappa shape index (κ1) is 17.4. The summed E-state index contributed by atoms with van der Waals surface area (Å²) < 4.78 is 10.4. The van der Waals surface area contributed by atoms with Gasteiger partial charge in [0, 0.05) is 20.3 Å². The third-order valence-electron chi connectivity index (χ3n) is 3.57. The molecule has 1 rings (SSSR count). The molecule has 0 aromatic carbocycles. The Morgan fingerprint density at radius 3 is 2.65 bits per heavy atom. The Balaban J connectivity index is 2.36. The number of carbonyl (C=O) groups excluding carboxylic acids is 1. The molecule has 1 amide bonds. The molecule has 0 aromatic rings. The van der Waals surface area contributed by atoms with Crippen LogP contribution < -0.4 is 5.32 Å². The van der Waals surface area contributed by atoms with Crippen LogP contribution in [0.4, 0.5) is 0 Å². The van der Waals surface area contributed by atoms with Gasteiger partial charge in [0.2, 0.25) is 5.91 Å². The first-order valence-corrected chi connectivity index (χ1v) is 7.73. The van der Waals surface area contributed by atoms with E-state index in [1.54, 1.807) is 7.11 Å². The second-order valence-corrected chi connectivity index (χ2v) is 5.76. The van der Waals surface area contributed by atoms with Crippen LogP contribution >= 0.6 is 0 Å². The summed E-state index contributed by atoms with van der Waals surface area (Å²) in [4.78, 5) is 14.3. The monoisotopic (exact) mass is 286 g/mol. The molecule has 20 heavy (non-hydrogen) atoms. The highest BCUT2D eigenvalue weighted by Crippen LogP contribution is 2.19. The van der Waals surface area contributed by atoms with Crippen molar-refractivity contribution in [3.63, 3.8) is 0 Å². The van der Waals surface area contributed by atoms with E-state index in [0.29, 0.717) is 25.7 Å². The fourth-order valence-corrected chi connectivity index (χ4v) is 2.53. The molecule has 0 aromatic heterocycles. The van der Waals surface area contributed by atoms with Crippen molar-refractivity contribution in [1.29, 1.82) is 0 Å². The van der Waals surface area contributed by atoms with E-state index in [4.69, 9.17) is 9.47 Å². The lowest BCUT2D eigenvalue weighted by molar-refractivity contribution is -0.130. The zero-order valence-electron chi connectivity index (χ0n) is 13.4. The highest BCUT2D eigenvalue weighted by atomic mass is 16.5. The van der Waals surface area contributed by atoms with Crippen molar-refractivity contribution in [2.45, 2.75) is 52.2 Å². The zero-order valence-corrected chi connectivity index (χ0v) is 13.4. The molecule has 1 aliphatic rings. The zero-order chi connectivity index (χ0) is 15.0. The van der Waals surface area contributed by atoms with E-state index in [1.165, 1.54) is 0 Å². The van der Waals surface area contributed by atoms with Crippen LogP contribution in [0.25, 0.3) is 0 Å².